The maximum Gasteiger partial charge on any atom is 0.410 e. The van der Waals surface area contributed by atoms with Gasteiger partial charge in [0.15, 0.2) is 5.65 Å². The molecular weight excluding hydrogens is 410 g/mol. The van der Waals surface area contributed by atoms with Crippen LogP contribution in [0.4, 0.5) is 16.3 Å². The number of fused-ring (bicyclic) bond motifs is 1. The quantitative estimate of drug-likeness (QED) is 0.672. The number of carbonyl (C=O) groups excluding carboxylic acids is 2. The van der Waals surface area contributed by atoms with E-state index < -0.39 is 5.60 Å². The summed E-state index contributed by atoms with van der Waals surface area (Å²) in [7, 11) is 0. The van der Waals surface area contributed by atoms with Gasteiger partial charge in [-0.25, -0.2) is 19.3 Å². The van der Waals surface area contributed by atoms with Crippen LogP contribution in [0, 0.1) is 6.92 Å². The number of amides is 2. The van der Waals surface area contributed by atoms with E-state index in [0.29, 0.717) is 48.9 Å². The molecule has 0 radical (unpaired) electrons. The number of rotatable bonds is 3. The minimum atomic E-state index is -0.504. The molecule has 10 heteroatoms. The summed E-state index contributed by atoms with van der Waals surface area (Å²) < 4.78 is 7.02. The van der Waals surface area contributed by atoms with Crippen LogP contribution in [-0.2, 0) is 4.74 Å². The van der Waals surface area contributed by atoms with Crippen molar-refractivity contribution in [3.05, 3.63) is 48.0 Å². The summed E-state index contributed by atoms with van der Waals surface area (Å²) in [5.41, 5.74) is 1.95. The zero-order chi connectivity index (χ0) is 22.9. The number of ether oxygens (including phenoxy) is 1. The van der Waals surface area contributed by atoms with E-state index in [2.05, 4.69) is 25.3 Å². The highest BCUT2D eigenvalue weighted by Gasteiger charge is 2.26. The van der Waals surface area contributed by atoms with Crippen LogP contribution in [0.1, 0.15) is 36.8 Å². The normalized spacial score (nSPS) is 14.5. The Kier molecular flexibility index (Phi) is 5.68. The van der Waals surface area contributed by atoms with Crippen LogP contribution >= 0.6 is 0 Å². The maximum atomic E-state index is 12.8. The lowest BCUT2D eigenvalue weighted by atomic mass is 10.2. The van der Waals surface area contributed by atoms with Crippen molar-refractivity contribution in [3.8, 4) is 0 Å². The number of anilines is 2. The van der Waals surface area contributed by atoms with Crippen LogP contribution in [-0.4, -0.2) is 68.3 Å². The molecule has 10 nitrogen and oxygen atoms in total. The molecule has 4 heterocycles. The fourth-order valence-electron chi connectivity index (χ4n) is 3.56. The van der Waals surface area contributed by atoms with E-state index in [1.165, 1.54) is 0 Å². The van der Waals surface area contributed by atoms with Crippen molar-refractivity contribution in [2.75, 3.05) is 36.4 Å². The second-order valence-electron chi connectivity index (χ2n) is 8.66. The molecule has 3 aromatic heterocycles. The highest BCUT2D eigenvalue weighted by atomic mass is 16.6. The van der Waals surface area contributed by atoms with E-state index in [9.17, 15) is 9.59 Å². The largest absolute Gasteiger partial charge is 0.444 e. The van der Waals surface area contributed by atoms with Crippen LogP contribution in [0.2, 0.25) is 0 Å². The summed E-state index contributed by atoms with van der Waals surface area (Å²) in [5, 5.41) is 7.14. The Morgan fingerprint density at radius 2 is 1.84 bits per heavy atom. The Morgan fingerprint density at radius 3 is 2.50 bits per heavy atom. The molecule has 1 saturated heterocycles. The summed E-state index contributed by atoms with van der Waals surface area (Å²) in [6, 6.07) is 5.43. The van der Waals surface area contributed by atoms with Crippen molar-refractivity contribution in [3.63, 3.8) is 0 Å². The number of aromatic nitrogens is 4. The molecule has 32 heavy (non-hydrogen) atoms. The number of carbonyl (C=O) groups is 2. The van der Waals surface area contributed by atoms with Crippen LogP contribution in [0.25, 0.3) is 5.65 Å². The van der Waals surface area contributed by atoms with Crippen molar-refractivity contribution in [2.45, 2.75) is 33.3 Å². The molecule has 0 atom stereocenters. The number of nitrogens with zero attached hydrogens (tertiary/aromatic N) is 6. The van der Waals surface area contributed by atoms with Crippen LogP contribution in [0.3, 0.4) is 0 Å². The Hall–Kier alpha value is -3.69. The third kappa shape index (κ3) is 4.63. The summed E-state index contributed by atoms with van der Waals surface area (Å²) in [6.07, 6.45) is 4.82. The molecule has 0 unspecified atom stereocenters. The van der Waals surface area contributed by atoms with Gasteiger partial charge in [-0.05, 0) is 45.9 Å². The number of aryl methyl sites for hydroxylation is 1. The van der Waals surface area contributed by atoms with E-state index in [4.69, 9.17) is 4.74 Å². The smallest absolute Gasteiger partial charge is 0.410 e. The van der Waals surface area contributed by atoms with Gasteiger partial charge in [0.25, 0.3) is 5.91 Å². The van der Waals surface area contributed by atoms with E-state index in [1.807, 2.05) is 26.8 Å². The molecule has 0 bridgehead atoms. The molecule has 0 aromatic carbocycles. The van der Waals surface area contributed by atoms with Gasteiger partial charge in [-0.1, -0.05) is 0 Å². The topological polar surface area (TPSA) is 105 Å². The minimum Gasteiger partial charge on any atom is -0.444 e. The first-order valence-corrected chi connectivity index (χ1v) is 10.5. The third-order valence-electron chi connectivity index (χ3n) is 5.08. The molecule has 3 aromatic rings. The zero-order valence-corrected chi connectivity index (χ0v) is 18.7. The molecule has 1 aliphatic rings. The number of piperazine rings is 1. The zero-order valence-electron chi connectivity index (χ0n) is 18.7. The lowest BCUT2D eigenvalue weighted by Gasteiger charge is -2.36. The molecule has 2 amide bonds. The first-order chi connectivity index (χ1) is 15.2. The fourth-order valence-corrected chi connectivity index (χ4v) is 3.56. The van der Waals surface area contributed by atoms with Crippen molar-refractivity contribution in [1.82, 2.24) is 24.5 Å². The van der Waals surface area contributed by atoms with Gasteiger partial charge in [0.05, 0.1) is 17.6 Å². The molecule has 4 rings (SSSR count). The first-order valence-electron chi connectivity index (χ1n) is 10.5. The van der Waals surface area contributed by atoms with Crippen molar-refractivity contribution in [1.29, 1.82) is 0 Å². The SMILES string of the molecule is Cc1nn2cccnc2c1C(=O)Nc1ccc(N2CCN(C(=O)OC(C)(C)C)CC2)cn1. The van der Waals surface area contributed by atoms with Gasteiger partial charge in [-0.2, -0.15) is 5.10 Å². The van der Waals surface area contributed by atoms with Gasteiger partial charge in [-0.15, -0.1) is 0 Å². The lowest BCUT2D eigenvalue weighted by molar-refractivity contribution is 0.0240. The molecule has 0 aliphatic carbocycles. The Morgan fingerprint density at radius 1 is 1.09 bits per heavy atom. The fraction of sp³-hybridized carbons (Fsp3) is 0.409. The average Bonchev–Trinajstić information content (AvgIpc) is 3.09. The van der Waals surface area contributed by atoms with Gasteiger partial charge >= 0.3 is 6.09 Å². The second-order valence-corrected chi connectivity index (χ2v) is 8.66. The average molecular weight is 438 g/mol. The van der Waals surface area contributed by atoms with E-state index >= 15 is 0 Å². The molecule has 1 aliphatic heterocycles. The monoisotopic (exact) mass is 437 g/mol. The van der Waals surface area contributed by atoms with Gasteiger partial charge < -0.3 is 19.9 Å². The van der Waals surface area contributed by atoms with Gasteiger partial charge in [0.1, 0.15) is 17.0 Å². The second kappa shape index (κ2) is 8.45. The number of hydrogen-bond donors (Lipinski definition) is 1. The van der Waals surface area contributed by atoms with Crippen molar-refractivity contribution in [2.24, 2.45) is 0 Å². The molecule has 0 spiro atoms. The van der Waals surface area contributed by atoms with Gasteiger partial charge in [0.2, 0.25) is 0 Å². The minimum absolute atomic E-state index is 0.286. The van der Waals surface area contributed by atoms with Crippen molar-refractivity contribution >= 4 is 29.2 Å². The Labute approximate surface area is 186 Å². The highest BCUT2D eigenvalue weighted by molar-refractivity contribution is 6.08. The predicted octanol–water partition coefficient (Wildman–Crippen LogP) is 2.74. The van der Waals surface area contributed by atoms with E-state index in [-0.39, 0.29) is 12.0 Å². The predicted molar refractivity (Wildman–Crippen MR) is 120 cm³/mol. The lowest BCUT2D eigenvalue weighted by Crippen LogP contribution is -2.50. The summed E-state index contributed by atoms with van der Waals surface area (Å²) in [6.45, 7) is 9.88. The molecular formula is C22H27N7O3. The van der Waals surface area contributed by atoms with Crippen molar-refractivity contribution < 1.29 is 14.3 Å². The summed E-state index contributed by atoms with van der Waals surface area (Å²) >= 11 is 0. The van der Waals surface area contributed by atoms with E-state index in [1.54, 1.807) is 47.1 Å². The van der Waals surface area contributed by atoms with E-state index in [0.717, 1.165) is 5.69 Å². The number of nitrogens with one attached hydrogen (secondary N) is 1. The molecule has 1 fully saturated rings. The third-order valence-corrected chi connectivity index (χ3v) is 5.08. The van der Waals surface area contributed by atoms with Crippen LogP contribution in [0.5, 0.6) is 0 Å². The van der Waals surface area contributed by atoms with Crippen LogP contribution < -0.4 is 10.2 Å². The Bertz CT molecular complexity index is 1130. The first kappa shape index (κ1) is 21.5. The molecule has 1 N–H and O–H groups in total. The number of pyridine rings is 1. The maximum absolute atomic E-state index is 12.8. The molecule has 0 saturated carbocycles. The summed E-state index contributed by atoms with van der Waals surface area (Å²) in [5.74, 6) is 0.142. The summed E-state index contributed by atoms with van der Waals surface area (Å²) in [4.78, 5) is 37.5. The number of hydrogen-bond acceptors (Lipinski definition) is 7. The Balaban J connectivity index is 1.37. The van der Waals surface area contributed by atoms with Gasteiger partial charge in [-0.3, -0.25) is 4.79 Å². The van der Waals surface area contributed by atoms with Crippen LogP contribution in [0.15, 0.2) is 36.8 Å². The molecule has 168 valence electrons. The standard InChI is InChI=1S/C22H27N7O3/c1-15-18(19-23-8-5-9-29(19)26-15)20(30)25-17-7-6-16(14-24-17)27-10-12-28(13-11-27)21(31)32-22(2,3)4/h5-9,14H,10-13H2,1-4H3,(H,24,25,30). The van der Waals surface area contributed by atoms with Gasteiger partial charge in [0, 0.05) is 38.6 Å². The highest BCUT2D eigenvalue weighted by Crippen LogP contribution is 2.20.